The number of aromatic nitrogens is 1. The lowest BCUT2D eigenvalue weighted by Crippen LogP contribution is -2.14. The Bertz CT molecular complexity index is 688. The van der Waals surface area contributed by atoms with Crippen molar-refractivity contribution in [3.63, 3.8) is 0 Å². The standard InChI is InChI=1S/C15H13ClN2O2S/c16-13-7-2-1-5-11(13)9-14(20)18-15-17-10-12(21-15)6-3-4-8-19/h1-2,5,7,10,19H,4,8-9H2,(H,17,18,20). The third-order valence-electron chi connectivity index (χ3n) is 2.51. The van der Waals surface area contributed by atoms with Gasteiger partial charge in [0.1, 0.15) is 0 Å². The van der Waals surface area contributed by atoms with Gasteiger partial charge in [-0.15, -0.1) is 0 Å². The molecule has 1 aromatic carbocycles. The van der Waals surface area contributed by atoms with Gasteiger partial charge in [-0.3, -0.25) is 4.79 Å². The Morgan fingerprint density at radius 1 is 1.43 bits per heavy atom. The summed E-state index contributed by atoms with van der Waals surface area (Å²) in [5, 5.41) is 12.4. The first-order valence-corrected chi connectivity index (χ1v) is 7.47. The lowest BCUT2D eigenvalue weighted by atomic mass is 10.1. The van der Waals surface area contributed by atoms with Crippen molar-refractivity contribution >= 4 is 34.0 Å². The highest BCUT2D eigenvalue weighted by molar-refractivity contribution is 7.16. The van der Waals surface area contributed by atoms with E-state index < -0.39 is 0 Å². The summed E-state index contributed by atoms with van der Waals surface area (Å²) in [7, 11) is 0. The van der Waals surface area contributed by atoms with Gasteiger partial charge in [0.05, 0.1) is 24.1 Å². The Labute approximate surface area is 131 Å². The second-order valence-electron chi connectivity index (χ2n) is 4.12. The van der Waals surface area contributed by atoms with Gasteiger partial charge in [-0.05, 0) is 11.6 Å². The topological polar surface area (TPSA) is 62.2 Å². The number of hydrogen-bond acceptors (Lipinski definition) is 4. The van der Waals surface area contributed by atoms with Crippen molar-refractivity contribution in [3.8, 4) is 11.8 Å². The third kappa shape index (κ3) is 4.87. The number of anilines is 1. The highest BCUT2D eigenvalue weighted by Gasteiger charge is 2.09. The summed E-state index contributed by atoms with van der Waals surface area (Å²) in [5.74, 6) is 5.50. The van der Waals surface area contributed by atoms with Crippen LogP contribution in [0.2, 0.25) is 5.02 Å². The Morgan fingerprint density at radius 2 is 2.24 bits per heavy atom. The molecule has 0 aliphatic carbocycles. The largest absolute Gasteiger partial charge is 0.395 e. The van der Waals surface area contributed by atoms with Gasteiger partial charge in [-0.2, -0.15) is 0 Å². The predicted molar refractivity (Wildman–Crippen MR) is 84.5 cm³/mol. The number of rotatable bonds is 4. The zero-order valence-corrected chi connectivity index (χ0v) is 12.7. The zero-order chi connectivity index (χ0) is 15.1. The molecule has 0 bridgehead atoms. The number of benzene rings is 1. The molecule has 2 rings (SSSR count). The van der Waals surface area contributed by atoms with Crippen LogP contribution in [-0.2, 0) is 11.2 Å². The number of hydrogen-bond donors (Lipinski definition) is 2. The Hall–Kier alpha value is -1.87. The molecular formula is C15H13ClN2O2S. The van der Waals surface area contributed by atoms with Gasteiger partial charge in [-0.1, -0.05) is 53.0 Å². The van der Waals surface area contributed by atoms with Crippen LogP contribution in [0.3, 0.4) is 0 Å². The van der Waals surface area contributed by atoms with E-state index in [0.717, 1.165) is 10.4 Å². The summed E-state index contributed by atoms with van der Waals surface area (Å²) < 4.78 is 0. The van der Waals surface area contributed by atoms with E-state index in [2.05, 4.69) is 22.1 Å². The van der Waals surface area contributed by atoms with E-state index in [1.807, 2.05) is 18.2 Å². The lowest BCUT2D eigenvalue weighted by Gasteiger charge is -2.03. The fraction of sp³-hybridized carbons (Fsp3) is 0.200. The summed E-state index contributed by atoms with van der Waals surface area (Å²) in [6.45, 7) is 0.0350. The van der Waals surface area contributed by atoms with Crippen molar-refractivity contribution in [1.82, 2.24) is 4.98 Å². The molecule has 0 atom stereocenters. The molecule has 0 radical (unpaired) electrons. The number of nitrogens with one attached hydrogen (secondary N) is 1. The van der Waals surface area contributed by atoms with Crippen LogP contribution in [0.25, 0.3) is 0 Å². The molecule has 0 saturated heterocycles. The summed E-state index contributed by atoms with van der Waals surface area (Å²) >= 11 is 7.31. The minimum atomic E-state index is -0.174. The maximum absolute atomic E-state index is 11.9. The van der Waals surface area contributed by atoms with Gasteiger partial charge in [0, 0.05) is 11.4 Å². The molecule has 0 aliphatic heterocycles. The maximum Gasteiger partial charge on any atom is 0.230 e. The monoisotopic (exact) mass is 320 g/mol. The first-order valence-electron chi connectivity index (χ1n) is 6.28. The van der Waals surface area contributed by atoms with Crippen LogP contribution in [0.1, 0.15) is 16.9 Å². The van der Waals surface area contributed by atoms with Crippen molar-refractivity contribution in [2.24, 2.45) is 0 Å². The van der Waals surface area contributed by atoms with Gasteiger partial charge in [0.15, 0.2) is 5.13 Å². The van der Waals surface area contributed by atoms with E-state index in [1.165, 1.54) is 11.3 Å². The van der Waals surface area contributed by atoms with E-state index >= 15 is 0 Å². The highest BCUT2D eigenvalue weighted by atomic mass is 35.5. The number of aliphatic hydroxyl groups excluding tert-OH is 1. The van der Waals surface area contributed by atoms with Crippen LogP contribution in [-0.4, -0.2) is 22.6 Å². The second kappa shape index (κ2) is 7.79. The summed E-state index contributed by atoms with van der Waals surface area (Å²) in [6, 6.07) is 7.23. The van der Waals surface area contributed by atoms with Gasteiger partial charge >= 0.3 is 0 Å². The molecule has 0 saturated carbocycles. The molecule has 1 heterocycles. The molecule has 0 spiro atoms. The van der Waals surface area contributed by atoms with E-state index in [0.29, 0.717) is 16.6 Å². The van der Waals surface area contributed by atoms with Crippen molar-refractivity contribution < 1.29 is 9.90 Å². The molecule has 108 valence electrons. The molecule has 4 nitrogen and oxygen atoms in total. The van der Waals surface area contributed by atoms with Crippen LogP contribution < -0.4 is 5.32 Å². The molecule has 1 amide bonds. The number of amides is 1. The SMILES string of the molecule is O=C(Cc1ccccc1Cl)Nc1ncc(C#CCCO)s1. The average Bonchev–Trinajstić information content (AvgIpc) is 2.89. The highest BCUT2D eigenvalue weighted by Crippen LogP contribution is 2.19. The molecule has 0 fully saturated rings. The van der Waals surface area contributed by atoms with Gasteiger partial charge < -0.3 is 10.4 Å². The number of carbonyl (C=O) groups is 1. The number of halogens is 1. The fourth-order valence-corrected chi connectivity index (χ4v) is 2.48. The molecule has 0 aliphatic rings. The second-order valence-corrected chi connectivity index (χ2v) is 5.56. The van der Waals surface area contributed by atoms with Gasteiger partial charge in [0.25, 0.3) is 0 Å². The predicted octanol–water partition coefficient (Wildman–Crippen LogP) is 2.71. The van der Waals surface area contributed by atoms with Crippen molar-refractivity contribution in [2.45, 2.75) is 12.8 Å². The molecule has 2 aromatic rings. The average molecular weight is 321 g/mol. The van der Waals surface area contributed by atoms with Crippen LogP contribution in [0, 0.1) is 11.8 Å². The van der Waals surface area contributed by atoms with Crippen molar-refractivity contribution in [1.29, 1.82) is 0 Å². The molecular weight excluding hydrogens is 308 g/mol. The summed E-state index contributed by atoms with van der Waals surface area (Å²) in [4.78, 5) is 16.8. The van der Waals surface area contributed by atoms with E-state index in [4.69, 9.17) is 16.7 Å². The molecule has 21 heavy (non-hydrogen) atoms. The first kappa shape index (κ1) is 15.5. The molecule has 0 unspecified atom stereocenters. The minimum Gasteiger partial charge on any atom is -0.395 e. The van der Waals surface area contributed by atoms with Crippen LogP contribution in [0.5, 0.6) is 0 Å². The zero-order valence-electron chi connectivity index (χ0n) is 11.1. The van der Waals surface area contributed by atoms with E-state index in [1.54, 1.807) is 12.3 Å². The van der Waals surface area contributed by atoms with Crippen LogP contribution >= 0.6 is 22.9 Å². The van der Waals surface area contributed by atoms with Crippen LogP contribution in [0.4, 0.5) is 5.13 Å². The molecule has 6 heteroatoms. The molecule has 1 aromatic heterocycles. The quantitative estimate of drug-likeness (QED) is 0.851. The fourth-order valence-electron chi connectivity index (χ4n) is 1.57. The smallest absolute Gasteiger partial charge is 0.230 e. The Morgan fingerprint density at radius 3 is 3.00 bits per heavy atom. The third-order valence-corrected chi connectivity index (χ3v) is 3.71. The minimum absolute atomic E-state index is 0.0350. The lowest BCUT2D eigenvalue weighted by molar-refractivity contribution is -0.115. The first-order chi connectivity index (χ1) is 10.2. The number of aliphatic hydroxyl groups is 1. The number of carbonyl (C=O) groups excluding carboxylic acids is 1. The van der Waals surface area contributed by atoms with Gasteiger partial charge in [0.2, 0.25) is 5.91 Å². The van der Waals surface area contributed by atoms with Crippen LogP contribution in [0.15, 0.2) is 30.5 Å². The summed E-state index contributed by atoms with van der Waals surface area (Å²) in [5.41, 5.74) is 0.774. The maximum atomic E-state index is 11.9. The normalized spacial score (nSPS) is 9.81. The van der Waals surface area contributed by atoms with Gasteiger partial charge in [-0.25, -0.2) is 4.98 Å². The number of thiazole rings is 1. The Balaban J connectivity index is 1.95. The van der Waals surface area contributed by atoms with Crippen molar-refractivity contribution in [3.05, 3.63) is 45.9 Å². The Kier molecular flexibility index (Phi) is 5.76. The van der Waals surface area contributed by atoms with E-state index in [-0.39, 0.29) is 18.9 Å². The molecule has 2 N–H and O–H groups in total. The number of nitrogens with zero attached hydrogens (tertiary/aromatic N) is 1. The summed E-state index contributed by atoms with van der Waals surface area (Å²) in [6.07, 6.45) is 2.22. The van der Waals surface area contributed by atoms with Crippen molar-refractivity contribution in [2.75, 3.05) is 11.9 Å². The van der Waals surface area contributed by atoms with E-state index in [9.17, 15) is 4.79 Å².